The zero-order valence-corrected chi connectivity index (χ0v) is 15.8. The Morgan fingerprint density at radius 1 is 1.14 bits per heavy atom. The van der Waals surface area contributed by atoms with Crippen LogP contribution in [0.3, 0.4) is 0 Å². The molecule has 0 aliphatic carbocycles. The Kier molecular flexibility index (Phi) is 5.06. The molecule has 2 aromatic heterocycles. The third kappa shape index (κ3) is 3.60. The predicted octanol–water partition coefficient (Wildman–Crippen LogP) is 3.17. The lowest BCUT2D eigenvalue weighted by molar-refractivity contribution is 0.102. The Labute approximate surface area is 162 Å². The van der Waals surface area contributed by atoms with Crippen LogP contribution in [0.25, 0.3) is 10.9 Å². The van der Waals surface area contributed by atoms with Crippen molar-refractivity contribution in [2.75, 3.05) is 12.4 Å². The second-order valence-corrected chi connectivity index (χ2v) is 6.92. The van der Waals surface area contributed by atoms with Gasteiger partial charge < -0.3 is 10.1 Å². The van der Waals surface area contributed by atoms with E-state index in [0.29, 0.717) is 34.6 Å². The fourth-order valence-electron chi connectivity index (χ4n) is 3.51. The number of nitrogens with zero attached hydrogens (tertiary/aromatic N) is 3. The third-order valence-corrected chi connectivity index (χ3v) is 5.03. The maximum Gasteiger partial charge on any atom is 0.261 e. The second kappa shape index (κ2) is 7.80. The smallest absolute Gasteiger partial charge is 0.261 e. The topological polar surface area (TPSA) is 86.1 Å². The average Bonchev–Trinajstić information content (AvgIpc) is 2.69. The molecular formula is C21H22N4O3. The molecule has 0 radical (unpaired) electrons. The van der Waals surface area contributed by atoms with Gasteiger partial charge in [-0.1, -0.05) is 12.8 Å². The fourth-order valence-corrected chi connectivity index (χ4v) is 3.51. The number of hydrogen-bond donors (Lipinski definition) is 1. The molecule has 0 saturated carbocycles. The number of nitrogens with one attached hydrogen (secondary N) is 1. The van der Waals surface area contributed by atoms with Crippen LogP contribution in [-0.4, -0.2) is 27.6 Å². The van der Waals surface area contributed by atoms with Gasteiger partial charge in [-0.25, -0.2) is 9.97 Å². The van der Waals surface area contributed by atoms with Gasteiger partial charge >= 0.3 is 0 Å². The highest BCUT2D eigenvalue weighted by Crippen LogP contribution is 2.18. The van der Waals surface area contributed by atoms with Crippen molar-refractivity contribution >= 4 is 22.5 Å². The Morgan fingerprint density at radius 3 is 2.79 bits per heavy atom. The van der Waals surface area contributed by atoms with Gasteiger partial charge in [-0.15, -0.1) is 0 Å². The molecule has 0 fully saturated rings. The van der Waals surface area contributed by atoms with Gasteiger partial charge in [0.25, 0.3) is 11.5 Å². The summed E-state index contributed by atoms with van der Waals surface area (Å²) in [6.07, 6.45) is 6.65. The van der Waals surface area contributed by atoms with Gasteiger partial charge in [0.05, 0.1) is 29.9 Å². The van der Waals surface area contributed by atoms with E-state index in [1.54, 1.807) is 34.9 Å². The van der Waals surface area contributed by atoms with Gasteiger partial charge in [0, 0.05) is 24.6 Å². The number of hydrogen-bond acceptors (Lipinski definition) is 5. The first-order chi connectivity index (χ1) is 13.7. The number of methoxy groups -OCH3 is 1. The van der Waals surface area contributed by atoms with Gasteiger partial charge in [0.1, 0.15) is 5.82 Å². The molecule has 1 aliphatic rings. The van der Waals surface area contributed by atoms with Crippen molar-refractivity contribution in [2.24, 2.45) is 0 Å². The summed E-state index contributed by atoms with van der Waals surface area (Å²) >= 11 is 0. The van der Waals surface area contributed by atoms with E-state index in [1.165, 1.54) is 13.3 Å². The van der Waals surface area contributed by atoms with E-state index in [0.717, 1.165) is 37.9 Å². The normalized spacial score (nSPS) is 14.0. The van der Waals surface area contributed by atoms with Gasteiger partial charge in [-0.2, -0.15) is 0 Å². The number of carbonyl (C=O) groups excluding carboxylic acids is 1. The molecule has 1 N–H and O–H groups in total. The fraction of sp³-hybridized carbons (Fsp3) is 0.333. The molecule has 144 valence electrons. The van der Waals surface area contributed by atoms with E-state index < -0.39 is 0 Å². The van der Waals surface area contributed by atoms with Gasteiger partial charge in [-0.3, -0.25) is 14.2 Å². The van der Waals surface area contributed by atoms with Crippen LogP contribution in [0.15, 0.2) is 41.3 Å². The van der Waals surface area contributed by atoms with Crippen molar-refractivity contribution in [2.45, 2.75) is 38.6 Å². The summed E-state index contributed by atoms with van der Waals surface area (Å²) in [7, 11) is 1.54. The summed E-state index contributed by atoms with van der Waals surface area (Å²) in [4.78, 5) is 34.3. The van der Waals surface area contributed by atoms with Gasteiger partial charge in [-0.05, 0) is 37.1 Å². The van der Waals surface area contributed by atoms with Crippen LogP contribution in [-0.2, 0) is 13.0 Å². The molecule has 0 unspecified atom stereocenters. The van der Waals surface area contributed by atoms with Crippen LogP contribution in [0.5, 0.6) is 5.88 Å². The molecule has 1 aliphatic heterocycles. The van der Waals surface area contributed by atoms with Crippen LogP contribution in [0.1, 0.15) is 41.9 Å². The SMILES string of the molecule is COc1ccc(NC(=O)c2ccc3c(=O)n4c(nc3c2)CCCCCC4)cn1. The van der Waals surface area contributed by atoms with Crippen molar-refractivity contribution in [3.05, 3.63) is 58.3 Å². The van der Waals surface area contributed by atoms with E-state index in [9.17, 15) is 9.59 Å². The van der Waals surface area contributed by atoms with Gasteiger partial charge in [0.15, 0.2) is 0 Å². The molecule has 7 nitrogen and oxygen atoms in total. The minimum atomic E-state index is -0.275. The quantitative estimate of drug-likeness (QED) is 0.756. The molecular weight excluding hydrogens is 356 g/mol. The molecule has 7 heteroatoms. The van der Waals surface area contributed by atoms with E-state index in [4.69, 9.17) is 9.72 Å². The van der Waals surface area contributed by atoms with E-state index >= 15 is 0 Å². The van der Waals surface area contributed by atoms with Crippen molar-refractivity contribution in [3.63, 3.8) is 0 Å². The number of anilines is 1. The molecule has 1 amide bonds. The maximum absolute atomic E-state index is 12.9. The summed E-state index contributed by atoms with van der Waals surface area (Å²) in [6, 6.07) is 8.43. The minimum Gasteiger partial charge on any atom is -0.481 e. The summed E-state index contributed by atoms with van der Waals surface area (Å²) in [5.41, 5.74) is 1.56. The summed E-state index contributed by atoms with van der Waals surface area (Å²) in [5, 5.41) is 3.35. The van der Waals surface area contributed by atoms with Crippen molar-refractivity contribution in [3.8, 4) is 5.88 Å². The highest BCUT2D eigenvalue weighted by Gasteiger charge is 2.15. The first-order valence-corrected chi connectivity index (χ1v) is 9.50. The zero-order chi connectivity index (χ0) is 19.5. The third-order valence-electron chi connectivity index (χ3n) is 5.03. The number of fused-ring (bicyclic) bond motifs is 2. The number of benzene rings is 1. The molecule has 3 aromatic rings. The van der Waals surface area contributed by atoms with Crippen LogP contribution < -0.4 is 15.6 Å². The summed E-state index contributed by atoms with van der Waals surface area (Å²) in [5.74, 6) is 1.02. The number of amides is 1. The molecule has 1 aromatic carbocycles. The van der Waals surface area contributed by atoms with Crippen LogP contribution in [0, 0.1) is 0 Å². The highest BCUT2D eigenvalue weighted by atomic mass is 16.5. The van der Waals surface area contributed by atoms with Crippen molar-refractivity contribution in [1.82, 2.24) is 14.5 Å². The lowest BCUT2D eigenvalue weighted by atomic mass is 10.1. The average molecular weight is 378 g/mol. The zero-order valence-electron chi connectivity index (χ0n) is 15.8. The standard InChI is InChI=1S/C21H22N4O3/c1-28-19-10-8-15(13-22-19)23-20(26)14-7-9-16-17(12-14)24-18-6-4-2-3-5-11-25(18)21(16)27/h7-10,12-13H,2-6,11H2,1H3,(H,23,26). The number of aromatic nitrogens is 3. The van der Waals surface area contributed by atoms with E-state index in [-0.39, 0.29) is 11.5 Å². The Balaban J connectivity index is 1.65. The van der Waals surface area contributed by atoms with E-state index in [1.807, 2.05) is 0 Å². The van der Waals surface area contributed by atoms with Gasteiger partial charge in [0.2, 0.25) is 5.88 Å². The maximum atomic E-state index is 12.9. The number of ether oxygens (including phenoxy) is 1. The van der Waals surface area contributed by atoms with Crippen molar-refractivity contribution in [1.29, 1.82) is 0 Å². The van der Waals surface area contributed by atoms with Crippen molar-refractivity contribution < 1.29 is 9.53 Å². The number of rotatable bonds is 3. The highest BCUT2D eigenvalue weighted by molar-refractivity contribution is 6.06. The van der Waals surface area contributed by atoms with E-state index in [2.05, 4.69) is 10.3 Å². The Hall–Kier alpha value is -3.22. The Bertz CT molecular complexity index is 1070. The van der Waals surface area contributed by atoms with Crippen LogP contribution >= 0.6 is 0 Å². The predicted molar refractivity (Wildman–Crippen MR) is 107 cm³/mol. The lowest BCUT2D eigenvalue weighted by Crippen LogP contribution is -2.26. The summed E-state index contributed by atoms with van der Waals surface area (Å²) < 4.78 is 6.81. The first kappa shape index (κ1) is 18.2. The number of pyridine rings is 1. The molecule has 4 rings (SSSR count). The number of aryl methyl sites for hydroxylation is 1. The molecule has 3 heterocycles. The molecule has 0 saturated heterocycles. The second-order valence-electron chi connectivity index (χ2n) is 6.92. The molecule has 0 spiro atoms. The molecule has 0 bridgehead atoms. The lowest BCUT2D eigenvalue weighted by Gasteiger charge is -2.16. The Morgan fingerprint density at radius 2 is 2.00 bits per heavy atom. The van der Waals surface area contributed by atoms with Crippen LogP contribution in [0.4, 0.5) is 5.69 Å². The monoisotopic (exact) mass is 378 g/mol. The summed E-state index contributed by atoms with van der Waals surface area (Å²) in [6.45, 7) is 0.712. The minimum absolute atomic E-state index is 0.0202. The molecule has 0 atom stereocenters. The largest absolute Gasteiger partial charge is 0.481 e. The number of carbonyl (C=O) groups is 1. The van der Waals surface area contributed by atoms with Crippen LogP contribution in [0.2, 0.25) is 0 Å². The molecule has 28 heavy (non-hydrogen) atoms. The first-order valence-electron chi connectivity index (χ1n) is 9.50.